The molecule has 2 aromatic carbocycles. The summed E-state index contributed by atoms with van der Waals surface area (Å²) in [6, 6.07) is 19.5. The molecule has 0 atom stereocenters. The molecule has 1 N–H and O–H groups in total. The Bertz CT molecular complexity index is 1300. The predicted molar refractivity (Wildman–Crippen MR) is 122 cm³/mol. The Morgan fingerprint density at radius 1 is 1.03 bits per heavy atom. The summed E-state index contributed by atoms with van der Waals surface area (Å²) in [5.74, 6) is 1.04. The number of carbonyl (C=O) groups is 1. The molecular weight excluding hydrogens is 448 g/mol. The molecule has 32 heavy (non-hydrogen) atoms. The largest absolute Gasteiger partial charge is 0.461 e. The van der Waals surface area contributed by atoms with Crippen molar-refractivity contribution in [1.29, 1.82) is 0 Å². The first-order valence-corrected chi connectivity index (χ1v) is 12.5. The molecule has 0 saturated heterocycles. The second-order valence-corrected chi connectivity index (χ2v) is 9.95. The van der Waals surface area contributed by atoms with Crippen LogP contribution in [0.3, 0.4) is 0 Å². The molecule has 0 fully saturated rings. The van der Waals surface area contributed by atoms with Crippen molar-refractivity contribution in [3.63, 3.8) is 0 Å². The summed E-state index contributed by atoms with van der Waals surface area (Å²) in [4.78, 5) is 12.6. The number of thioether (sulfide) groups is 1. The summed E-state index contributed by atoms with van der Waals surface area (Å²) in [5.41, 5.74) is 1.59. The number of carbonyl (C=O) groups excluding carboxylic acids is 1. The molecule has 4 aromatic rings. The molecule has 0 unspecified atom stereocenters. The Balaban J connectivity index is 1.47. The molecule has 0 spiro atoms. The Kier molecular flexibility index (Phi) is 6.42. The van der Waals surface area contributed by atoms with Crippen molar-refractivity contribution in [3.8, 4) is 11.6 Å². The number of rotatable bonds is 8. The number of anilines is 1. The van der Waals surface area contributed by atoms with E-state index in [-0.39, 0.29) is 16.6 Å². The molecular formula is C22H20N4O4S2. The van der Waals surface area contributed by atoms with E-state index >= 15 is 0 Å². The van der Waals surface area contributed by atoms with E-state index < -0.39 is 9.84 Å². The van der Waals surface area contributed by atoms with E-state index in [4.69, 9.17) is 4.42 Å². The molecule has 0 radical (unpaired) electrons. The van der Waals surface area contributed by atoms with Gasteiger partial charge in [-0.25, -0.2) is 8.42 Å². The van der Waals surface area contributed by atoms with E-state index in [1.54, 1.807) is 24.5 Å². The molecule has 164 valence electrons. The van der Waals surface area contributed by atoms with Crippen LogP contribution in [0.4, 0.5) is 5.69 Å². The van der Waals surface area contributed by atoms with Gasteiger partial charge in [-0.15, -0.1) is 10.2 Å². The van der Waals surface area contributed by atoms with Crippen molar-refractivity contribution in [3.05, 3.63) is 78.6 Å². The quantitative estimate of drug-likeness (QED) is 0.393. The van der Waals surface area contributed by atoms with E-state index in [0.717, 1.165) is 11.8 Å². The van der Waals surface area contributed by atoms with E-state index in [1.165, 1.54) is 23.9 Å². The number of hydrogen-bond donors (Lipinski definition) is 1. The van der Waals surface area contributed by atoms with Gasteiger partial charge in [0, 0.05) is 11.9 Å². The first kappa shape index (κ1) is 21.8. The third-order valence-corrected chi connectivity index (χ3v) is 6.64. The predicted octanol–water partition coefficient (Wildman–Crippen LogP) is 3.72. The van der Waals surface area contributed by atoms with Gasteiger partial charge < -0.3 is 9.73 Å². The zero-order valence-electron chi connectivity index (χ0n) is 17.1. The Hall–Kier alpha value is -3.37. The Morgan fingerprint density at radius 2 is 1.78 bits per heavy atom. The van der Waals surface area contributed by atoms with Gasteiger partial charge in [0.1, 0.15) is 0 Å². The summed E-state index contributed by atoms with van der Waals surface area (Å²) in [5, 5.41) is 11.9. The van der Waals surface area contributed by atoms with Crippen LogP contribution in [0.15, 0.2) is 87.5 Å². The van der Waals surface area contributed by atoms with Crippen molar-refractivity contribution < 1.29 is 17.6 Å². The lowest BCUT2D eigenvalue weighted by Gasteiger charge is -2.10. The van der Waals surface area contributed by atoms with E-state index in [2.05, 4.69) is 15.5 Å². The van der Waals surface area contributed by atoms with Crippen LogP contribution in [0.5, 0.6) is 0 Å². The van der Waals surface area contributed by atoms with Gasteiger partial charge in [-0.2, -0.15) is 0 Å². The SMILES string of the molecule is CS(=O)(=O)c1ccc(NC(=O)CSc2nnc(-c3ccco3)n2Cc2ccccc2)cc1. The fourth-order valence-electron chi connectivity index (χ4n) is 3.00. The molecule has 10 heteroatoms. The highest BCUT2D eigenvalue weighted by Crippen LogP contribution is 2.26. The van der Waals surface area contributed by atoms with Gasteiger partial charge >= 0.3 is 0 Å². The second kappa shape index (κ2) is 9.41. The van der Waals surface area contributed by atoms with Gasteiger partial charge in [0.25, 0.3) is 0 Å². The summed E-state index contributed by atoms with van der Waals surface area (Å²) < 4.78 is 30.5. The van der Waals surface area contributed by atoms with Crippen LogP contribution in [-0.2, 0) is 21.2 Å². The summed E-state index contributed by atoms with van der Waals surface area (Å²) in [7, 11) is -3.28. The molecule has 0 bridgehead atoms. The highest BCUT2D eigenvalue weighted by Gasteiger charge is 2.18. The Morgan fingerprint density at radius 3 is 2.44 bits per heavy atom. The third-order valence-electron chi connectivity index (χ3n) is 4.54. The molecule has 1 amide bonds. The molecule has 2 heterocycles. The molecule has 8 nitrogen and oxygen atoms in total. The zero-order chi connectivity index (χ0) is 22.6. The topological polar surface area (TPSA) is 107 Å². The Labute approximate surface area is 189 Å². The van der Waals surface area contributed by atoms with Crippen LogP contribution in [0.25, 0.3) is 11.6 Å². The standard InChI is InChI=1S/C22H20N4O4S2/c1-32(28,29)18-11-9-17(10-12-18)23-20(27)15-31-22-25-24-21(19-8-5-13-30-19)26(22)14-16-6-3-2-4-7-16/h2-13H,14-15H2,1H3,(H,23,27). The van der Waals surface area contributed by atoms with Gasteiger partial charge in [-0.05, 0) is 42.0 Å². The minimum absolute atomic E-state index is 0.110. The van der Waals surface area contributed by atoms with Gasteiger partial charge in [0.05, 0.1) is 23.5 Å². The minimum Gasteiger partial charge on any atom is -0.461 e. The zero-order valence-corrected chi connectivity index (χ0v) is 18.8. The maximum atomic E-state index is 12.4. The highest BCUT2D eigenvalue weighted by molar-refractivity contribution is 7.99. The van der Waals surface area contributed by atoms with Crippen LogP contribution in [0, 0.1) is 0 Å². The third kappa shape index (κ3) is 5.27. The van der Waals surface area contributed by atoms with Crippen LogP contribution in [0.2, 0.25) is 0 Å². The molecule has 4 rings (SSSR count). The lowest BCUT2D eigenvalue weighted by atomic mass is 10.2. The van der Waals surface area contributed by atoms with E-state index in [0.29, 0.717) is 29.0 Å². The number of nitrogens with one attached hydrogen (secondary N) is 1. The minimum atomic E-state index is -3.28. The maximum Gasteiger partial charge on any atom is 0.234 e. The van der Waals surface area contributed by atoms with Crippen molar-refractivity contribution in [1.82, 2.24) is 14.8 Å². The molecule has 2 aromatic heterocycles. The lowest BCUT2D eigenvalue weighted by molar-refractivity contribution is -0.113. The maximum absolute atomic E-state index is 12.4. The van der Waals surface area contributed by atoms with Gasteiger partial charge in [0.15, 0.2) is 20.8 Å². The van der Waals surface area contributed by atoms with Crippen LogP contribution in [0.1, 0.15) is 5.56 Å². The fourth-order valence-corrected chi connectivity index (χ4v) is 4.37. The van der Waals surface area contributed by atoms with Crippen molar-refractivity contribution in [2.45, 2.75) is 16.6 Å². The average molecular weight is 469 g/mol. The normalized spacial score (nSPS) is 11.4. The van der Waals surface area contributed by atoms with Gasteiger partial charge in [-0.1, -0.05) is 42.1 Å². The van der Waals surface area contributed by atoms with E-state index in [9.17, 15) is 13.2 Å². The molecule has 0 aliphatic rings. The average Bonchev–Trinajstić information content (AvgIpc) is 3.43. The molecule has 0 saturated carbocycles. The number of amides is 1. The van der Waals surface area contributed by atoms with Crippen molar-refractivity contribution in [2.24, 2.45) is 0 Å². The van der Waals surface area contributed by atoms with Gasteiger partial charge in [-0.3, -0.25) is 9.36 Å². The van der Waals surface area contributed by atoms with Crippen LogP contribution < -0.4 is 5.32 Å². The molecule has 0 aliphatic heterocycles. The lowest BCUT2D eigenvalue weighted by Crippen LogP contribution is -2.15. The number of sulfone groups is 1. The molecule has 0 aliphatic carbocycles. The number of hydrogen-bond acceptors (Lipinski definition) is 7. The summed E-state index contributed by atoms with van der Waals surface area (Å²) in [6.07, 6.45) is 2.71. The number of benzene rings is 2. The second-order valence-electron chi connectivity index (χ2n) is 6.99. The van der Waals surface area contributed by atoms with Gasteiger partial charge in [0.2, 0.25) is 11.7 Å². The monoisotopic (exact) mass is 468 g/mol. The fraction of sp³-hybridized carbons (Fsp3) is 0.136. The first-order chi connectivity index (χ1) is 15.4. The number of aromatic nitrogens is 3. The highest BCUT2D eigenvalue weighted by atomic mass is 32.2. The smallest absolute Gasteiger partial charge is 0.234 e. The van der Waals surface area contributed by atoms with Crippen LogP contribution >= 0.6 is 11.8 Å². The summed E-state index contributed by atoms with van der Waals surface area (Å²) >= 11 is 1.26. The number of nitrogens with zero attached hydrogens (tertiary/aromatic N) is 3. The summed E-state index contributed by atoms with van der Waals surface area (Å²) in [6.45, 7) is 0.529. The van der Waals surface area contributed by atoms with Crippen molar-refractivity contribution >= 4 is 33.2 Å². The van der Waals surface area contributed by atoms with Crippen molar-refractivity contribution in [2.75, 3.05) is 17.3 Å². The number of furan rings is 1. The van der Waals surface area contributed by atoms with E-state index in [1.807, 2.05) is 41.0 Å². The van der Waals surface area contributed by atoms with Crippen LogP contribution in [-0.4, -0.2) is 41.1 Å². The first-order valence-electron chi connectivity index (χ1n) is 9.64.